The van der Waals surface area contributed by atoms with E-state index in [2.05, 4.69) is 15.6 Å². The molecule has 0 saturated carbocycles. The van der Waals surface area contributed by atoms with Gasteiger partial charge in [0.25, 0.3) is 0 Å². The predicted molar refractivity (Wildman–Crippen MR) is 102 cm³/mol. The highest BCUT2D eigenvalue weighted by molar-refractivity contribution is 7.89. The van der Waals surface area contributed by atoms with E-state index in [0.717, 1.165) is 5.56 Å². The molecule has 2 aromatic rings. The number of nitrogen functional groups attached to an aromatic ring is 1. The van der Waals surface area contributed by atoms with Crippen molar-refractivity contribution in [1.29, 1.82) is 0 Å². The summed E-state index contributed by atoms with van der Waals surface area (Å²) in [6.45, 7) is 5.85. The first-order valence-electron chi connectivity index (χ1n) is 7.90. The molecule has 0 fully saturated rings. The number of hydrogen-bond acceptors (Lipinski definition) is 6. The summed E-state index contributed by atoms with van der Waals surface area (Å²) in [5.74, 6) is 0.589. The van der Waals surface area contributed by atoms with Gasteiger partial charge in [0.2, 0.25) is 15.9 Å². The molecule has 0 aliphatic heterocycles. The molecule has 1 aromatic heterocycles. The second kappa shape index (κ2) is 7.30. The molecule has 1 heterocycles. The van der Waals surface area contributed by atoms with Crippen molar-refractivity contribution in [1.82, 2.24) is 4.98 Å². The lowest BCUT2D eigenvalue weighted by molar-refractivity contribution is -0.123. The molecule has 26 heavy (non-hydrogen) atoms. The molecule has 0 spiro atoms. The van der Waals surface area contributed by atoms with Crippen molar-refractivity contribution in [3.05, 3.63) is 42.0 Å². The highest BCUT2D eigenvalue weighted by atomic mass is 32.2. The number of benzene rings is 1. The van der Waals surface area contributed by atoms with E-state index in [9.17, 15) is 13.2 Å². The van der Waals surface area contributed by atoms with Crippen LogP contribution >= 0.6 is 0 Å². The highest BCUT2D eigenvalue weighted by Crippen LogP contribution is 2.22. The van der Waals surface area contributed by atoms with Gasteiger partial charge in [-0.25, -0.2) is 18.5 Å². The molecular weight excluding hydrogens is 354 g/mol. The minimum absolute atomic E-state index is 0.0579. The largest absolute Gasteiger partial charge is 0.382 e. The van der Waals surface area contributed by atoms with E-state index >= 15 is 0 Å². The van der Waals surface area contributed by atoms with Crippen LogP contribution in [0.15, 0.2) is 41.3 Å². The highest BCUT2D eigenvalue weighted by Gasteiger charge is 2.22. The topological polar surface area (TPSA) is 140 Å². The van der Waals surface area contributed by atoms with Crippen molar-refractivity contribution < 1.29 is 13.2 Å². The second-order valence-corrected chi connectivity index (χ2v) is 8.44. The van der Waals surface area contributed by atoms with E-state index in [-0.39, 0.29) is 16.6 Å². The van der Waals surface area contributed by atoms with E-state index in [1.54, 1.807) is 24.3 Å². The molecule has 1 amide bonds. The average molecular weight is 377 g/mol. The second-order valence-electron chi connectivity index (χ2n) is 6.88. The van der Waals surface area contributed by atoms with Crippen molar-refractivity contribution in [2.75, 3.05) is 16.4 Å². The molecule has 0 saturated heterocycles. The van der Waals surface area contributed by atoms with Gasteiger partial charge in [-0.1, -0.05) is 32.9 Å². The number of nitrogens with one attached hydrogen (secondary N) is 2. The van der Waals surface area contributed by atoms with Gasteiger partial charge in [0.05, 0.1) is 10.6 Å². The molecule has 9 heteroatoms. The van der Waals surface area contributed by atoms with Crippen LogP contribution in [0.3, 0.4) is 0 Å². The Balaban J connectivity index is 2.03. The molecule has 0 radical (unpaired) electrons. The van der Waals surface area contributed by atoms with Gasteiger partial charge in [-0.2, -0.15) is 0 Å². The number of nitrogens with zero attached hydrogens (tertiary/aromatic N) is 1. The number of primary sulfonamides is 1. The van der Waals surface area contributed by atoms with E-state index < -0.39 is 15.4 Å². The van der Waals surface area contributed by atoms with Crippen LogP contribution in [0.1, 0.15) is 26.3 Å². The van der Waals surface area contributed by atoms with Crippen molar-refractivity contribution in [2.24, 2.45) is 10.6 Å². The van der Waals surface area contributed by atoms with Crippen LogP contribution in [0.25, 0.3) is 0 Å². The minimum Gasteiger partial charge on any atom is -0.382 e. The first-order chi connectivity index (χ1) is 12.0. The molecule has 6 N–H and O–H groups in total. The Hall–Kier alpha value is -2.65. The number of pyridine rings is 1. The van der Waals surface area contributed by atoms with Gasteiger partial charge in [0.15, 0.2) is 0 Å². The third-order valence-corrected chi connectivity index (χ3v) is 4.51. The lowest BCUT2D eigenvalue weighted by Gasteiger charge is -2.18. The standard InChI is InChI=1S/C17H23N5O3S/c1-17(2,3)16(23)21-13-8-9-14(22-15(13)18)20-10-11-4-6-12(7-5-11)26(19,24)25/h4-9H,10H2,1-3H3,(H,21,23)(H3,18,20,22)(H2,19,24,25). The van der Waals surface area contributed by atoms with Crippen LogP contribution in [0.4, 0.5) is 17.3 Å². The van der Waals surface area contributed by atoms with Crippen LogP contribution < -0.4 is 21.5 Å². The summed E-state index contributed by atoms with van der Waals surface area (Å²) in [5.41, 5.74) is 6.67. The summed E-state index contributed by atoms with van der Waals surface area (Å²) in [6.07, 6.45) is 0. The number of rotatable bonds is 5. The van der Waals surface area contributed by atoms with Gasteiger partial charge in [-0.3, -0.25) is 4.79 Å². The van der Waals surface area contributed by atoms with Crippen LogP contribution in [0, 0.1) is 5.41 Å². The molecule has 140 valence electrons. The zero-order valence-electron chi connectivity index (χ0n) is 14.9. The molecular formula is C17H23N5O3S. The fourth-order valence-corrected chi connectivity index (χ4v) is 2.49. The first-order valence-corrected chi connectivity index (χ1v) is 9.45. The van der Waals surface area contributed by atoms with Gasteiger partial charge >= 0.3 is 0 Å². The monoisotopic (exact) mass is 377 g/mol. The summed E-state index contributed by atoms with van der Waals surface area (Å²) in [6, 6.07) is 9.59. The summed E-state index contributed by atoms with van der Waals surface area (Å²) < 4.78 is 22.5. The molecule has 1 aromatic carbocycles. The van der Waals surface area contributed by atoms with Crippen LogP contribution in [0.5, 0.6) is 0 Å². The van der Waals surface area contributed by atoms with Gasteiger partial charge in [0.1, 0.15) is 11.6 Å². The maximum absolute atomic E-state index is 12.0. The van der Waals surface area contributed by atoms with E-state index in [1.807, 2.05) is 20.8 Å². The summed E-state index contributed by atoms with van der Waals surface area (Å²) in [4.78, 5) is 16.3. The number of sulfonamides is 1. The van der Waals surface area contributed by atoms with E-state index in [0.29, 0.717) is 18.1 Å². The van der Waals surface area contributed by atoms with Gasteiger partial charge in [0, 0.05) is 12.0 Å². The van der Waals surface area contributed by atoms with Gasteiger partial charge in [-0.15, -0.1) is 0 Å². The Morgan fingerprint density at radius 3 is 2.23 bits per heavy atom. The number of hydrogen-bond donors (Lipinski definition) is 4. The molecule has 8 nitrogen and oxygen atoms in total. The van der Waals surface area contributed by atoms with E-state index in [4.69, 9.17) is 10.9 Å². The number of amides is 1. The minimum atomic E-state index is -3.70. The molecule has 0 aliphatic carbocycles. The number of anilines is 3. The fourth-order valence-electron chi connectivity index (χ4n) is 1.98. The fraction of sp³-hybridized carbons (Fsp3) is 0.294. The Morgan fingerprint density at radius 1 is 1.12 bits per heavy atom. The molecule has 0 unspecified atom stereocenters. The Morgan fingerprint density at radius 2 is 1.73 bits per heavy atom. The predicted octanol–water partition coefficient (Wildman–Crippen LogP) is 1.91. The molecule has 0 atom stereocenters. The van der Waals surface area contributed by atoms with Crippen molar-refractivity contribution in [3.63, 3.8) is 0 Å². The normalized spacial score (nSPS) is 11.8. The van der Waals surface area contributed by atoms with Crippen LogP contribution in [-0.4, -0.2) is 19.3 Å². The van der Waals surface area contributed by atoms with Crippen LogP contribution in [0.2, 0.25) is 0 Å². The van der Waals surface area contributed by atoms with E-state index in [1.165, 1.54) is 12.1 Å². The molecule has 0 aliphatic rings. The van der Waals surface area contributed by atoms with Crippen LogP contribution in [-0.2, 0) is 21.4 Å². The number of nitrogens with two attached hydrogens (primary N) is 2. The van der Waals surface area contributed by atoms with Gasteiger partial charge in [-0.05, 0) is 29.8 Å². The third-order valence-electron chi connectivity index (χ3n) is 3.58. The van der Waals surface area contributed by atoms with Crippen molar-refractivity contribution >= 4 is 33.3 Å². The summed E-state index contributed by atoms with van der Waals surface area (Å²) >= 11 is 0. The number of aromatic nitrogens is 1. The summed E-state index contributed by atoms with van der Waals surface area (Å²) in [7, 11) is -3.70. The zero-order valence-corrected chi connectivity index (χ0v) is 15.7. The lowest BCUT2D eigenvalue weighted by Crippen LogP contribution is -2.28. The van der Waals surface area contributed by atoms with Crippen molar-refractivity contribution in [3.8, 4) is 0 Å². The molecule has 2 rings (SSSR count). The Bertz CT molecular complexity index is 903. The Kier molecular flexibility index (Phi) is 5.53. The maximum Gasteiger partial charge on any atom is 0.238 e. The lowest BCUT2D eigenvalue weighted by atomic mass is 9.95. The zero-order chi connectivity index (χ0) is 19.5. The number of carbonyl (C=O) groups is 1. The number of carbonyl (C=O) groups excluding carboxylic acids is 1. The van der Waals surface area contributed by atoms with Crippen molar-refractivity contribution in [2.45, 2.75) is 32.2 Å². The SMILES string of the molecule is CC(C)(C)C(=O)Nc1ccc(NCc2ccc(S(N)(=O)=O)cc2)nc1N. The first kappa shape index (κ1) is 19.7. The quantitative estimate of drug-likeness (QED) is 0.627. The average Bonchev–Trinajstić information content (AvgIpc) is 2.53. The van der Waals surface area contributed by atoms with Gasteiger partial charge < -0.3 is 16.4 Å². The molecule has 0 bridgehead atoms. The smallest absolute Gasteiger partial charge is 0.238 e. The Labute approximate surface area is 153 Å². The summed E-state index contributed by atoms with van der Waals surface area (Å²) in [5, 5.41) is 10.9. The maximum atomic E-state index is 12.0. The third kappa shape index (κ3) is 5.17.